The summed E-state index contributed by atoms with van der Waals surface area (Å²) in [5.74, 6) is -2.33. The minimum absolute atomic E-state index is 0.0743. The number of nitrogens with one attached hydrogen (secondary N) is 1. The average Bonchev–Trinajstić information content (AvgIpc) is 2.84. The van der Waals surface area contributed by atoms with Crippen LogP contribution in [-0.4, -0.2) is 42.0 Å². The first-order valence-electron chi connectivity index (χ1n) is 11.2. The number of hydrogen-bond acceptors (Lipinski definition) is 7. The summed E-state index contributed by atoms with van der Waals surface area (Å²) in [6, 6.07) is 1.81. The number of ether oxygens (including phenoxy) is 1. The van der Waals surface area contributed by atoms with Crippen LogP contribution in [0.1, 0.15) is 24.5 Å². The summed E-state index contributed by atoms with van der Waals surface area (Å²) in [7, 11) is 0. The Labute approximate surface area is 217 Å². The molecule has 0 radical (unpaired) electrons. The third-order valence-electron chi connectivity index (χ3n) is 5.55. The van der Waals surface area contributed by atoms with E-state index in [2.05, 4.69) is 20.1 Å². The lowest BCUT2D eigenvalue weighted by Gasteiger charge is -2.19. The maximum atomic E-state index is 14.8. The standard InChI is InChI=1S/C23H16F8N6O3/c1-10(40-17-7-35-36-20(38)18(17)23(29,30)31)2-12(24)8-37-9-34-16-4-13(15(25)3-14(16)21(37)39)19-32-5-11(6-33-19)22(26,27)28/h3-7,9-10,12H,2,8H2,1H3,(H,36,38). The van der Waals surface area contributed by atoms with Crippen molar-refractivity contribution >= 4 is 10.9 Å². The van der Waals surface area contributed by atoms with Crippen molar-refractivity contribution in [1.29, 1.82) is 0 Å². The number of aromatic nitrogens is 6. The third-order valence-corrected chi connectivity index (χ3v) is 5.55. The lowest BCUT2D eigenvalue weighted by molar-refractivity contribution is -0.140. The van der Waals surface area contributed by atoms with Crippen LogP contribution < -0.4 is 15.9 Å². The quantitative estimate of drug-likeness (QED) is 0.326. The van der Waals surface area contributed by atoms with E-state index in [0.717, 1.165) is 23.0 Å². The van der Waals surface area contributed by atoms with Crippen LogP contribution in [0.2, 0.25) is 0 Å². The SMILES string of the molecule is CC(CC(F)Cn1cnc2cc(-c3ncc(C(F)(F)F)cn3)c(F)cc2c1=O)Oc1cn[nH]c(=O)c1C(F)(F)F. The Morgan fingerprint density at radius 2 is 1.68 bits per heavy atom. The van der Waals surface area contributed by atoms with Crippen LogP contribution in [0.5, 0.6) is 5.75 Å². The third kappa shape index (κ3) is 6.07. The predicted octanol–water partition coefficient (Wildman–Crippen LogP) is 4.31. The minimum atomic E-state index is -5.06. The van der Waals surface area contributed by atoms with Crippen molar-refractivity contribution in [2.45, 2.75) is 44.5 Å². The molecule has 17 heteroatoms. The number of H-pyrrole nitrogens is 1. The highest BCUT2D eigenvalue weighted by molar-refractivity contribution is 5.82. The number of benzene rings is 1. The van der Waals surface area contributed by atoms with E-state index in [9.17, 15) is 44.7 Å². The average molecular weight is 576 g/mol. The van der Waals surface area contributed by atoms with Crippen LogP contribution in [0.4, 0.5) is 35.1 Å². The highest BCUT2D eigenvalue weighted by Gasteiger charge is 2.38. The van der Waals surface area contributed by atoms with Crippen molar-refractivity contribution in [3.05, 3.63) is 74.7 Å². The summed E-state index contributed by atoms with van der Waals surface area (Å²) >= 11 is 0. The smallest absolute Gasteiger partial charge is 0.425 e. The van der Waals surface area contributed by atoms with Crippen molar-refractivity contribution in [2.75, 3.05) is 0 Å². The van der Waals surface area contributed by atoms with Gasteiger partial charge in [-0.2, -0.15) is 31.4 Å². The molecule has 40 heavy (non-hydrogen) atoms. The van der Waals surface area contributed by atoms with E-state index >= 15 is 0 Å². The molecule has 0 aliphatic rings. The van der Waals surface area contributed by atoms with Crippen LogP contribution in [0, 0.1) is 5.82 Å². The molecule has 9 nitrogen and oxygen atoms in total. The number of fused-ring (bicyclic) bond motifs is 1. The zero-order valence-electron chi connectivity index (χ0n) is 20.0. The first-order valence-corrected chi connectivity index (χ1v) is 11.2. The fourth-order valence-corrected chi connectivity index (χ4v) is 3.75. The molecule has 212 valence electrons. The maximum absolute atomic E-state index is 14.8. The maximum Gasteiger partial charge on any atom is 0.425 e. The zero-order chi connectivity index (χ0) is 29.4. The number of halogens is 8. The van der Waals surface area contributed by atoms with E-state index in [0.29, 0.717) is 18.6 Å². The Bertz CT molecular complexity index is 1650. The van der Waals surface area contributed by atoms with Gasteiger partial charge >= 0.3 is 12.4 Å². The number of alkyl halides is 7. The van der Waals surface area contributed by atoms with E-state index in [1.165, 1.54) is 6.92 Å². The number of aromatic amines is 1. The zero-order valence-corrected chi connectivity index (χ0v) is 20.0. The van der Waals surface area contributed by atoms with E-state index in [4.69, 9.17) is 4.74 Å². The summed E-state index contributed by atoms with van der Waals surface area (Å²) in [5, 5.41) is 4.61. The van der Waals surface area contributed by atoms with Crippen molar-refractivity contribution < 1.29 is 39.9 Å². The van der Waals surface area contributed by atoms with Crippen LogP contribution in [0.3, 0.4) is 0 Å². The van der Waals surface area contributed by atoms with Crippen molar-refractivity contribution in [1.82, 2.24) is 29.7 Å². The molecule has 0 aliphatic heterocycles. The van der Waals surface area contributed by atoms with Crippen LogP contribution >= 0.6 is 0 Å². The Balaban J connectivity index is 1.51. The highest BCUT2D eigenvalue weighted by atomic mass is 19.4. The van der Waals surface area contributed by atoms with Gasteiger partial charge in [0, 0.05) is 18.8 Å². The number of hydrogen-bond donors (Lipinski definition) is 1. The molecule has 2 atom stereocenters. The van der Waals surface area contributed by atoms with Crippen molar-refractivity contribution in [3.63, 3.8) is 0 Å². The molecule has 2 unspecified atom stereocenters. The first-order chi connectivity index (χ1) is 18.6. The molecule has 0 fully saturated rings. The minimum Gasteiger partial charge on any atom is -0.488 e. The van der Waals surface area contributed by atoms with E-state index < -0.39 is 71.4 Å². The first kappa shape index (κ1) is 28.6. The summed E-state index contributed by atoms with van der Waals surface area (Å²) in [4.78, 5) is 35.4. The summed E-state index contributed by atoms with van der Waals surface area (Å²) in [5.41, 5.74) is -5.58. The molecule has 0 aliphatic carbocycles. The summed E-state index contributed by atoms with van der Waals surface area (Å²) in [6.45, 7) is 0.621. The van der Waals surface area contributed by atoms with Gasteiger partial charge in [-0.15, -0.1) is 0 Å². The second-order valence-electron chi connectivity index (χ2n) is 8.54. The summed E-state index contributed by atoms with van der Waals surface area (Å²) in [6.07, 6.45) is -10.8. The van der Waals surface area contributed by atoms with E-state index in [1.807, 2.05) is 0 Å². The lowest BCUT2D eigenvalue weighted by Crippen LogP contribution is -2.29. The van der Waals surface area contributed by atoms with E-state index in [-0.39, 0.29) is 22.3 Å². The number of rotatable bonds is 7. The molecule has 4 rings (SSSR count). The normalized spacial score (nSPS) is 13.8. The van der Waals surface area contributed by atoms with Gasteiger partial charge in [0.1, 0.15) is 12.0 Å². The molecular formula is C23H16F8N6O3. The molecule has 0 amide bonds. The molecule has 0 bridgehead atoms. The van der Waals surface area contributed by atoms with Gasteiger partial charge in [0.2, 0.25) is 0 Å². The van der Waals surface area contributed by atoms with Gasteiger partial charge in [-0.1, -0.05) is 0 Å². The molecule has 0 saturated carbocycles. The van der Waals surface area contributed by atoms with Crippen molar-refractivity contribution in [2.24, 2.45) is 0 Å². The molecule has 4 aromatic rings. The monoisotopic (exact) mass is 576 g/mol. The fourth-order valence-electron chi connectivity index (χ4n) is 3.75. The van der Waals surface area contributed by atoms with E-state index in [1.54, 1.807) is 5.10 Å². The van der Waals surface area contributed by atoms with Crippen LogP contribution in [0.25, 0.3) is 22.3 Å². The second kappa shape index (κ2) is 10.6. The summed E-state index contributed by atoms with van der Waals surface area (Å²) < 4.78 is 113. The van der Waals surface area contributed by atoms with Gasteiger partial charge in [0.25, 0.3) is 11.1 Å². The molecule has 0 spiro atoms. The largest absolute Gasteiger partial charge is 0.488 e. The van der Waals surface area contributed by atoms with Gasteiger partial charge in [-0.3, -0.25) is 14.2 Å². The topological polar surface area (TPSA) is 116 Å². The molecule has 1 N–H and O–H groups in total. The Hall–Kier alpha value is -4.44. The molecule has 1 aromatic carbocycles. The van der Waals surface area contributed by atoms with Crippen LogP contribution in [0.15, 0.2) is 46.6 Å². The van der Waals surface area contributed by atoms with Gasteiger partial charge in [-0.05, 0) is 19.1 Å². The van der Waals surface area contributed by atoms with Gasteiger partial charge in [-0.25, -0.2) is 28.8 Å². The Morgan fingerprint density at radius 3 is 2.30 bits per heavy atom. The highest BCUT2D eigenvalue weighted by Crippen LogP contribution is 2.33. The van der Waals surface area contributed by atoms with Gasteiger partial charge in [0.05, 0.1) is 47.2 Å². The number of nitrogens with zero attached hydrogens (tertiary/aromatic N) is 5. The Morgan fingerprint density at radius 1 is 1.00 bits per heavy atom. The molecular weight excluding hydrogens is 560 g/mol. The second-order valence-corrected chi connectivity index (χ2v) is 8.54. The van der Waals surface area contributed by atoms with Crippen LogP contribution in [-0.2, 0) is 18.9 Å². The molecule has 0 saturated heterocycles. The molecule has 3 heterocycles. The predicted molar refractivity (Wildman–Crippen MR) is 121 cm³/mol. The molecule has 3 aromatic heterocycles. The van der Waals surface area contributed by atoms with Gasteiger partial charge < -0.3 is 4.74 Å². The Kier molecular flexibility index (Phi) is 7.58. The lowest BCUT2D eigenvalue weighted by atomic mass is 10.1. The fraction of sp³-hybridized carbons (Fsp3) is 0.304. The van der Waals surface area contributed by atoms with Gasteiger partial charge in [0.15, 0.2) is 17.1 Å². The van der Waals surface area contributed by atoms with Crippen molar-refractivity contribution in [3.8, 4) is 17.1 Å².